The van der Waals surface area contributed by atoms with Gasteiger partial charge in [0.15, 0.2) is 5.69 Å². The molecule has 0 aliphatic carbocycles. The number of aromatic nitrogens is 4. The van der Waals surface area contributed by atoms with E-state index in [1.807, 2.05) is 63.9 Å². The number of aryl methyl sites for hydroxylation is 1. The first kappa shape index (κ1) is 22.4. The molecule has 0 unspecified atom stereocenters. The molecule has 182 valence electrons. The minimum atomic E-state index is -0.0571. The van der Waals surface area contributed by atoms with Crippen LogP contribution in [0.4, 0.5) is 0 Å². The summed E-state index contributed by atoms with van der Waals surface area (Å²) in [6.45, 7) is 5.25. The van der Waals surface area contributed by atoms with Crippen molar-refractivity contribution in [2.24, 2.45) is 0 Å². The van der Waals surface area contributed by atoms with Crippen molar-refractivity contribution < 1.29 is 9.59 Å². The molecular weight excluding hydrogens is 452 g/mol. The van der Waals surface area contributed by atoms with Crippen LogP contribution in [0.3, 0.4) is 0 Å². The van der Waals surface area contributed by atoms with Gasteiger partial charge in [-0.05, 0) is 44.0 Å². The highest BCUT2D eigenvalue weighted by atomic mass is 16.2. The van der Waals surface area contributed by atoms with Gasteiger partial charge in [-0.15, -0.1) is 0 Å². The van der Waals surface area contributed by atoms with E-state index in [1.165, 1.54) is 0 Å². The number of amides is 2. The zero-order valence-electron chi connectivity index (χ0n) is 20.4. The zero-order chi connectivity index (χ0) is 24.6. The molecule has 8 heteroatoms. The Morgan fingerprint density at radius 3 is 2.50 bits per heavy atom. The second-order valence-corrected chi connectivity index (χ2v) is 9.37. The maximum atomic E-state index is 14.0. The third-order valence-electron chi connectivity index (χ3n) is 7.24. The average molecular weight is 481 g/mol. The zero-order valence-corrected chi connectivity index (χ0v) is 20.4. The first-order valence-electron chi connectivity index (χ1n) is 12.6. The lowest BCUT2D eigenvalue weighted by molar-refractivity contribution is 0.0724. The standard InChI is InChI=1S/C28H28N6O2/c1-2-34-25-11-16-33(18-22(25)26(31-34)28(36)32-14-5-6-15-32)27(35)21-17-24(19-9-12-29-13-10-19)30-23-8-4-3-7-20(21)23/h3-4,7-10,12-13,17H,2,5-6,11,14-16,18H2,1H3. The highest BCUT2D eigenvalue weighted by Gasteiger charge is 2.33. The van der Waals surface area contributed by atoms with Gasteiger partial charge in [0.25, 0.3) is 11.8 Å². The SMILES string of the molecule is CCn1nc(C(=O)N2CCCC2)c2c1CCN(C(=O)c1cc(-c3ccncc3)nc3ccccc13)C2. The number of likely N-dealkylation sites (tertiary alicyclic amines) is 1. The highest BCUT2D eigenvalue weighted by molar-refractivity contribution is 6.07. The smallest absolute Gasteiger partial charge is 0.274 e. The second kappa shape index (κ2) is 9.18. The Morgan fingerprint density at radius 2 is 1.72 bits per heavy atom. The molecule has 36 heavy (non-hydrogen) atoms. The second-order valence-electron chi connectivity index (χ2n) is 9.37. The number of hydrogen-bond donors (Lipinski definition) is 0. The fraction of sp³-hybridized carbons (Fsp3) is 0.321. The summed E-state index contributed by atoms with van der Waals surface area (Å²) < 4.78 is 1.93. The van der Waals surface area contributed by atoms with E-state index in [0.717, 1.165) is 59.3 Å². The molecule has 6 rings (SSSR count). The Morgan fingerprint density at radius 1 is 0.944 bits per heavy atom. The van der Waals surface area contributed by atoms with Crippen LogP contribution in [0, 0.1) is 0 Å². The van der Waals surface area contributed by atoms with Gasteiger partial charge in [-0.25, -0.2) is 4.98 Å². The number of para-hydroxylation sites is 1. The minimum Gasteiger partial charge on any atom is -0.337 e. The first-order chi connectivity index (χ1) is 17.6. The van der Waals surface area contributed by atoms with Gasteiger partial charge in [-0.3, -0.25) is 19.3 Å². The molecule has 8 nitrogen and oxygen atoms in total. The minimum absolute atomic E-state index is 0.0143. The lowest BCUT2D eigenvalue weighted by atomic mass is 10.0. The van der Waals surface area contributed by atoms with Crippen molar-refractivity contribution in [1.82, 2.24) is 29.5 Å². The highest BCUT2D eigenvalue weighted by Crippen LogP contribution is 2.29. The van der Waals surface area contributed by atoms with Crippen LogP contribution in [-0.4, -0.2) is 61.0 Å². The molecule has 2 amide bonds. The van der Waals surface area contributed by atoms with Crippen LogP contribution in [0.5, 0.6) is 0 Å². The molecule has 1 fully saturated rings. The van der Waals surface area contributed by atoms with Gasteiger partial charge in [-0.1, -0.05) is 18.2 Å². The Labute approximate surface area is 209 Å². The number of carbonyl (C=O) groups is 2. The first-order valence-corrected chi connectivity index (χ1v) is 12.6. The Kier molecular flexibility index (Phi) is 5.71. The summed E-state index contributed by atoms with van der Waals surface area (Å²) in [5.41, 5.74) is 5.50. The van der Waals surface area contributed by atoms with Crippen LogP contribution in [-0.2, 0) is 19.5 Å². The summed E-state index contributed by atoms with van der Waals surface area (Å²) in [6.07, 6.45) is 6.19. The fourth-order valence-corrected chi connectivity index (χ4v) is 5.36. The van der Waals surface area contributed by atoms with Gasteiger partial charge in [0, 0.05) is 67.2 Å². The van der Waals surface area contributed by atoms with Crippen molar-refractivity contribution in [3.8, 4) is 11.3 Å². The van der Waals surface area contributed by atoms with Crippen molar-refractivity contribution in [1.29, 1.82) is 0 Å². The predicted octanol–water partition coefficient (Wildman–Crippen LogP) is 3.95. The van der Waals surface area contributed by atoms with E-state index in [2.05, 4.69) is 4.98 Å². The van der Waals surface area contributed by atoms with Crippen LogP contribution < -0.4 is 0 Å². The molecule has 0 bridgehead atoms. The number of hydrogen-bond acceptors (Lipinski definition) is 5. The average Bonchev–Trinajstić information content (AvgIpc) is 3.60. The number of benzene rings is 1. The van der Waals surface area contributed by atoms with E-state index in [-0.39, 0.29) is 11.8 Å². The van der Waals surface area contributed by atoms with Gasteiger partial charge in [0.2, 0.25) is 0 Å². The van der Waals surface area contributed by atoms with E-state index in [1.54, 1.807) is 12.4 Å². The molecule has 4 aromatic rings. The van der Waals surface area contributed by atoms with Gasteiger partial charge in [0.05, 0.1) is 23.3 Å². The van der Waals surface area contributed by atoms with Crippen molar-refractivity contribution in [2.75, 3.05) is 19.6 Å². The molecule has 0 radical (unpaired) electrons. The molecule has 0 saturated carbocycles. The van der Waals surface area contributed by atoms with Gasteiger partial charge in [0.1, 0.15) is 0 Å². The summed E-state index contributed by atoms with van der Waals surface area (Å²) >= 11 is 0. The summed E-state index contributed by atoms with van der Waals surface area (Å²) in [5.74, 6) is -0.0713. The fourth-order valence-electron chi connectivity index (χ4n) is 5.36. The number of rotatable bonds is 4. The van der Waals surface area contributed by atoms with E-state index in [9.17, 15) is 9.59 Å². The molecule has 0 spiro atoms. The third-order valence-corrected chi connectivity index (χ3v) is 7.24. The molecule has 0 N–H and O–H groups in total. The molecule has 1 aromatic carbocycles. The van der Waals surface area contributed by atoms with Crippen molar-refractivity contribution in [3.63, 3.8) is 0 Å². The molecule has 5 heterocycles. The topological polar surface area (TPSA) is 84.2 Å². The van der Waals surface area contributed by atoms with E-state index in [0.29, 0.717) is 37.3 Å². The molecule has 3 aromatic heterocycles. The maximum absolute atomic E-state index is 14.0. The number of nitrogens with zero attached hydrogens (tertiary/aromatic N) is 6. The normalized spacial score (nSPS) is 15.4. The van der Waals surface area contributed by atoms with Crippen LogP contribution >= 0.6 is 0 Å². The third kappa shape index (κ3) is 3.82. The Balaban J connectivity index is 1.38. The summed E-state index contributed by atoms with van der Waals surface area (Å²) in [6, 6.07) is 13.4. The van der Waals surface area contributed by atoms with Crippen LogP contribution in [0.1, 0.15) is 51.9 Å². The largest absolute Gasteiger partial charge is 0.337 e. The lowest BCUT2D eigenvalue weighted by Crippen LogP contribution is -2.37. The number of carbonyl (C=O) groups excluding carboxylic acids is 2. The van der Waals surface area contributed by atoms with Crippen molar-refractivity contribution in [2.45, 2.75) is 39.3 Å². The molecule has 1 saturated heterocycles. The maximum Gasteiger partial charge on any atom is 0.274 e. The van der Waals surface area contributed by atoms with Crippen LogP contribution in [0.25, 0.3) is 22.2 Å². The van der Waals surface area contributed by atoms with Crippen LogP contribution in [0.2, 0.25) is 0 Å². The van der Waals surface area contributed by atoms with Crippen molar-refractivity contribution >= 4 is 22.7 Å². The summed E-state index contributed by atoms with van der Waals surface area (Å²) in [5, 5.41) is 5.52. The molecular formula is C28H28N6O2. The Bertz CT molecular complexity index is 1460. The summed E-state index contributed by atoms with van der Waals surface area (Å²) in [4.78, 5) is 39.9. The molecule has 0 atom stereocenters. The van der Waals surface area contributed by atoms with E-state index in [4.69, 9.17) is 10.1 Å². The van der Waals surface area contributed by atoms with E-state index < -0.39 is 0 Å². The van der Waals surface area contributed by atoms with Gasteiger partial charge in [-0.2, -0.15) is 5.10 Å². The Hall–Kier alpha value is -4.07. The number of fused-ring (bicyclic) bond motifs is 2. The van der Waals surface area contributed by atoms with Gasteiger partial charge >= 0.3 is 0 Å². The van der Waals surface area contributed by atoms with E-state index >= 15 is 0 Å². The number of pyridine rings is 2. The van der Waals surface area contributed by atoms with Crippen molar-refractivity contribution in [3.05, 3.63) is 77.4 Å². The van der Waals surface area contributed by atoms with Gasteiger partial charge < -0.3 is 9.80 Å². The van der Waals surface area contributed by atoms with Crippen LogP contribution in [0.15, 0.2) is 54.9 Å². The molecule has 2 aliphatic rings. The monoisotopic (exact) mass is 480 g/mol. The quantitative estimate of drug-likeness (QED) is 0.442. The predicted molar refractivity (Wildman–Crippen MR) is 136 cm³/mol. The molecule has 2 aliphatic heterocycles. The lowest BCUT2D eigenvalue weighted by Gasteiger charge is -2.28. The summed E-state index contributed by atoms with van der Waals surface area (Å²) in [7, 11) is 0.